The minimum absolute atomic E-state index is 0.200. The van der Waals surface area contributed by atoms with E-state index in [9.17, 15) is 4.79 Å². The maximum absolute atomic E-state index is 12.2. The Kier molecular flexibility index (Phi) is 6.78. The zero-order chi connectivity index (χ0) is 18.4. The van der Waals surface area contributed by atoms with E-state index in [2.05, 4.69) is 10.2 Å². The molecule has 26 heavy (non-hydrogen) atoms. The van der Waals surface area contributed by atoms with Crippen molar-refractivity contribution in [1.82, 2.24) is 4.90 Å². The molecule has 0 aromatic heterocycles. The number of carbonyl (C=O) groups is 1. The molecule has 0 bridgehead atoms. The second-order valence-electron chi connectivity index (χ2n) is 6.32. The lowest BCUT2D eigenvalue weighted by atomic mass is 10.1. The standard InChI is InChI=1S/C20H22Cl2N2O2/c21-16-7-5-8-17(22)20(16)23-18-9-2-1-6-15(18)14-19(25)26-13-12-24-10-3-4-11-24/h1-2,5-9,23H,3-4,10-14H2. The predicted octanol–water partition coefficient (Wildman–Crippen LogP) is 4.92. The van der Waals surface area contributed by atoms with Crippen molar-refractivity contribution in [2.45, 2.75) is 19.3 Å². The highest BCUT2D eigenvalue weighted by molar-refractivity contribution is 6.39. The van der Waals surface area contributed by atoms with E-state index in [1.54, 1.807) is 18.2 Å². The van der Waals surface area contributed by atoms with Crippen LogP contribution in [0.3, 0.4) is 0 Å². The molecule has 0 spiro atoms. The molecule has 0 saturated carbocycles. The first kappa shape index (κ1) is 19.0. The van der Waals surface area contributed by atoms with Crippen LogP contribution in [0.4, 0.5) is 11.4 Å². The summed E-state index contributed by atoms with van der Waals surface area (Å²) in [6.45, 7) is 3.44. The Morgan fingerprint density at radius 1 is 1.04 bits per heavy atom. The molecular weight excluding hydrogens is 371 g/mol. The average Bonchev–Trinajstić information content (AvgIpc) is 3.13. The Morgan fingerprint density at radius 2 is 1.73 bits per heavy atom. The van der Waals surface area contributed by atoms with Crippen LogP contribution in [0.1, 0.15) is 18.4 Å². The first-order chi connectivity index (χ1) is 12.6. The first-order valence-corrected chi connectivity index (χ1v) is 9.56. The zero-order valence-electron chi connectivity index (χ0n) is 14.5. The molecule has 3 rings (SSSR count). The summed E-state index contributed by atoms with van der Waals surface area (Å²) in [5.74, 6) is -0.233. The maximum atomic E-state index is 12.2. The van der Waals surface area contributed by atoms with Crippen LogP contribution in [0.5, 0.6) is 0 Å². The number of rotatable bonds is 7. The van der Waals surface area contributed by atoms with Crippen LogP contribution in [0, 0.1) is 0 Å². The molecule has 0 radical (unpaired) electrons. The SMILES string of the molecule is O=C(Cc1ccccc1Nc1c(Cl)cccc1Cl)OCCN1CCCC1. The quantitative estimate of drug-likeness (QED) is 0.678. The molecule has 0 atom stereocenters. The van der Waals surface area contributed by atoms with E-state index in [1.807, 2.05) is 24.3 Å². The van der Waals surface area contributed by atoms with Crippen LogP contribution in [-0.4, -0.2) is 37.1 Å². The summed E-state index contributed by atoms with van der Waals surface area (Å²) < 4.78 is 5.40. The van der Waals surface area contributed by atoms with Gasteiger partial charge in [-0.1, -0.05) is 47.5 Å². The van der Waals surface area contributed by atoms with Crippen molar-refractivity contribution in [3.63, 3.8) is 0 Å². The van der Waals surface area contributed by atoms with Gasteiger partial charge in [-0.2, -0.15) is 0 Å². The van der Waals surface area contributed by atoms with Crippen molar-refractivity contribution in [2.75, 3.05) is 31.6 Å². The zero-order valence-corrected chi connectivity index (χ0v) is 16.0. The molecule has 1 heterocycles. The summed E-state index contributed by atoms with van der Waals surface area (Å²) in [5, 5.41) is 4.29. The van der Waals surface area contributed by atoms with E-state index in [0.717, 1.165) is 30.9 Å². The molecule has 0 aliphatic carbocycles. The fourth-order valence-corrected chi connectivity index (χ4v) is 3.54. The molecule has 1 N–H and O–H groups in total. The highest BCUT2D eigenvalue weighted by atomic mass is 35.5. The van der Waals surface area contributed by atoms with Crippen molar-refractivity contribution in [3.8, 4) is 0 Å². The molecule has 138 valence electrons. The third-order valence-electron chi connectivity index (χ3n) is 4.44. The second-order valence-corrected chi connectivity index (χ2v) is 7.14. The highest BCUT2D eigenvalue weighted by Crippen LogP contribution is 2.33. The summed E-state index contributed by atoms with van der Waals surface area (Å²) in [7, 11) is 0. The molecule has 6 heteroatoms. The van der Waals surface area contributed by atoms with Crippen molar-refractivity contribution >= 4 is 40.5 Å². The van der Waals surface area contributed by atoms with Crippen LogP contribution in [0.15, 0.2) is 42.5 Å². The van der Waals surface area contributed by atoms with Crippen molar-refractivity contribution in [3.05, 3.63) is 58.1 Å². The normalized spacial score (nSPS) is 14.4. The Bertz CT molecular complexity index is 741. The predicted molar refractivity (Wildman–Crippen MR) is 107 cm³/mol. The molecule has 1 aliphatic rings. The topological polar surface area (TPSA) is 41.6 Å². The van der Waals surface area contributed by atoms with Gasteiger partial charge in [-0.05, 0) is 49.7 Å². The van der Waals surface area contributed by atoms with E-state index in [-0.39, 0.29) is 12.4 Å². The van der Waals surface area contributed by atoms with Gasteiger partial charge in [-0.15, -0.1) is 0 Å². The maximum Gasteiger partial charge on any atom is 0.310 e. The van der Waals surface area contributed by atoms with E-state index in [1.165, 1.54) is 12.8 Å². The lowest BCUT2D eigenvalue weighted by Gasteiger charge is -2.16. The van der Waals surface area contributed by atoms with E-state index >= 15 is 0 Å². The number of nitrogens with one attached hydrogen (secondary N) is 1. The number of hydrogen-bond acceptors (Lipinski definition) is 4. The van der Waals surface area contributed by atoms with E-state index < -0.39 is 0 Å². The number of anilines is 2. The minimum atomic E-state index is -0.233. The average molecular weight is 393 g/mol. The number of esters is 1. The Hall–Kier alpha value is -1.75. The number of halogens is 2. The molecule has 2 aromatic rings. The third-order valence-corrected chi connectivity index (χ3v) is 5.07. The van der Waals surface area contributed by atoms with Gasteiger partial charge in [-0.25, -0.2) is 0 Å². The van der Waals surface area contributed by atoms with Gasteiger partial charge in [0, 0.05) is 12.2 Å². The summed E-state index contributed by atoms with van der Waals surface area (Å²) in [5.41, 5.74) is 2.26. The molecule has 1 aliphatic heterocycles. The van der Waals surface area contributed by atoms with E-state index in [0.29, 0.717) is 22.3 Å². The fourth-order valence-electron chi connectivity index (χ4n) is 3.05. The Balaban J connectivity index is 1.60. The number of ether oxygens (including phenoxy) is 1. The molecule has 1 fully saturated rings. The van der Waals surface area contributed by atoms with Crippen molar-refractivity contribution in [2.24, 2.45) is 0 Å². The highest BCUT2D eigenvalue weighted by Gasteiger charge is 2.14. The third kappa shape index (κ3) is 5.13. The number of benzene rings is 2. The second kappa shape index (κ2) is 9.26. The van der Waals surface area contributed by atoms with Crippen LogP contribution in [0.2, 0.25) is 10.0 Å². The molecule has 0 unspecified atom stereocenters. The van der Waals surface area contributed by atoms with Crippen molar-refractivity contribution < 1.29 is 9.53 Å². The smallest absolute Gasteiger partial charge is 0.310 e. The summed E-state index contributed by atoms with van der Waals surface area (Å²) in [6, 6.07) is 12.9. The number of para-hydroxylation sites is 2. The largest absolute Gasteiger partial charge is 0.464 e. The summed E-state index contributed by atoms with van der Waals surface area (Å²) in [6.07, 6.45) is 2.67. The number of carbonyl (C=O) groups excluding carboxylic acids is 1. The first-order valence-electron chi connectivity index (χ1n) is 8.80. The number of likely N-dealkylation sites (tertiary alicyclic amines) is 1. The Morgan fingerprint density at radius 3 is 2.46 bits per heavy atom. The monoisotopic (exact) mass is 392 g/mol. The minimum Gasteiger partial charge on any atom is -0.464 e. The summed E-state index contributed by atoms with van der Waals surface area (Å²) >= 11 is 12.4. The van der Waals surface area contributed by atoms with Gasteiger partial charge < -0.3 is 10.1 Å². The fraction of sp³-hybridized carbons (Fsp3) is 0.350. The molecule has 0 amide bonds. The van der Waals surface area contributed by atoms with Crippen LogP contribution in [0.25, 0.3) is 0 Å². The van der Waals surface area contributed by atoms with Gasteiger partial charge in [0.2, 0.25) is 0 Å². The van der Waals surface area contributed by atoms with Crippen molar-refractivity contribution in [1.29, 1.82) is 0 Å². The molecular formula is C20H22Cl2N2O2. The van der Waals surface area contributed by atoms with Crippen LogP contribution >= 0.6 is 23.2 Å². The van der Waals surface area contributed by atoms with Gasteiger partial charge in [-0.3, -0.25) is 9.69 Å². The Labute approximate surface area is 164 Å². The lowest BCUT2D eigenvalue weighted by molar-refractivity contribution is -0.143. The van der Waals surface area contributed by atoms with Gasteiger partial charge in [0.15, 0.2) is 0 Å². The summed E-state index contributed by atoms with van der Waals surface area (Å²) in [4.78, 5) is 14.5. The lowest BCUT2D eigenvalue weighted by Crippen LogP contribution is -2.25. The van der Waals surface area contributed by atoms with Gasteiger partial charge in [0.25, 0.3) is 0 Å². The molecule has 1 saturated heterocycles. The molecule has 4 nitrogen and oxygen atoms in total. The molecule has 2 aromatic carbocycles. The van der Waals surface area contributed by atoms with Gasteiger partial charge >= 0.3 is 5.97 Å². The van der Waals surface area contributed by atoms with Gasteiger partial charge in [0.1, 0.15) is 6.61 Å². The van der Waals surface area contributed by atoms with Crippen LogP contribution < -0.4 is 5.32 Å². The number of nitrogens with zero attached hydrogens (tertiary/aromatic N) is 1. The number of hydrogen-bond donors (Lipinski definition) is 1. The van der Waals surface area contributed by atoms with Gasteiger partial charge in [0.05, 0.1) is 22.2 Å². The van der Waals surface area contributed by atoms with E-state index in [4.69, 9.17) is 27.9 Å². The van der Waals surface area contributed by atoms with Crippen LogP contribution in [-0.2, 0) is 16.0 Å².